The van der Waals surface area contributed by atoms with Gasteiger partial charge in [0.05, 0.1) is 0 Å². The van der Waals surface area contributed by atoms with Gasteiger partial charge in [0.15, 0.2) is 0 Å². The zero-order chi connectivity index (χ0) is 15.4. The highest BCUT2D eigenvalue weighted by Gasteiger charge is 2.12. The van der Waals surface area contributed by atoms with Crippen molar-refractivity contribution < 1.29 is 5.11 Å². The van der Waals surface area contributed by atoms with E-state index in [2.05, 4.69) is 51.2 Å². The molecule has 0 aliphatic rings. The molecule has 2 rings (SSSR count). The maximum absolute atomic E-state index is 9.33. The van der Waals surface area contributed by atoms with E-state index in [0.29, 0.717) is 17.8 Å². The fraction of sp³-hybridized carbons (Fsp3) is 0.368. The van der Waals surface area contributed by atoms with Crippen molar-refractivity contribution in [2.24, 2.45) is 0 Å². The average Bonchev–Trinajstić information content (AvgIpc) is 2.44. The zero-order valence-corrected chi connectivity index (χ0v) is 13.4. The predicted molar refractivity (Wildman–Crippen MR) is 88.7 cm³/mol. The summed E-state index contributed by atoms with van der Waals surface area (Å²) in [5.74, 6) is 0.322. The quantitative estimate of drug-likeness (QED) is 0.858. The number of hydrogen-bond donors (Lipinski definition) is 2. The number of nitrogens with one attached hydrogen (secondary N) is 1. The van der Waals surface area contributed by atoms with E-state index in [-0.39, 0.29) is 0 Å². The highest BCUT2D eigenvalue weighted by atomic mass is 16.3. The summed E-state index contributed by atoms with van der Waals surface area (Å²) in [6, 6.07) is 14.8. The van der Waals surface area contributed by atoms with Crippen LogP contribution in [-0.4, -0.2) is 11.1 Å². The molecule has 0 bridgehead atoms. The maximum atomic E-state index is 9.33. The highest BCUT2D eigenvalue weighted by molar-refractivity contribution is 5.33. The van der Waals surface area contributed by atoms with Crippen molar-refractivity contribution in [2.75, 3.05) is 0 Å². The standard InChI is InChI=1S/C19H25NO/c1-13-5-6-14(2)19(11-13)16(4)20-15(3)12-17-7-9-18(21)10-8-17/h5-11,15-16,20-21H,12H2,1-4H3. The van der Waals surface area contributed by atoms with Crippen LogP contribution in [0, 0.1) is 13.8 Å². The average molecular weight is 283 g/mol. The lowest BCUT2D eigenvalue weighted by Gasteiger charge is -2.22. The van der Waals surface area contributed by atoms with Crippen LogP contribution in [0.3, 0.4) is 0 Å². The molecule has 0 heterocycles. The minimum Gasteiger partial charge on any atom is -0.508 e. The molecule has 0 radical (unpaired) electrons. The van der Waals surface area contributed by atoms with Gasteiger partial charge in [-0.15, -0.1) is 0 Å². The monoisotopic (exact) mass is 283 g/mol. The minimum absolute atomic E-state index is 0.322. The van der Waals surface area contributed by atoms with E-state index in [1.165, 1.54) is 22.3 Å². The van der Waals surface area contributed by atoms with Crippen LogP contribution in [-0.2, 0) is 6.42 Å². The summed E-state index contributed by atoms with van der Waals surface area (Å²) in [4.78, 5) is 0. The third-order valence-corrected chi connectivity index (χ3v) is 3.91. The van der Waals surface area contributed by atoms with Gasteiger partial charge in [0.25, 0.3) is 0 Å². The van der Waals surface area contributed by atoms with Gasteiger partial charge in [-0.2, -0.15) is 0 Å². The molecule has 0 aliphatic heterocycles. The summed E-state index contributed by atoms with van der Waals surface area (Å²) in [6.07, 6.45) is 0.954. The number of rotatable bonds is 5. The molecule has 0 fully saturated rings. The molecule has 0 saturated heterocycles. The molecular weight excluding hydrogens is 258 g/mol. The summed E-state index contributed by atoms with van der Waals surface area (Å²) >= 11 is 0. The fourth-order valence-electron chi connectivity index (χ4n) is 2.79. The van der Waals surface area contributed by atoms with Gasteiger partial charge in [0, 0.05) is 12.1 Å². The smallest absolute Gasteiger partial charge is 0.115 e. The second kappa shape index (κ2) is 6.77. The molecular formula is C19H25NO. The van der Waals surface area contributed by atoms with E-state index in [1.54, 1.807) is 12.1 Å². The molecule has 2 N–H and O–H groups in total. The molecule has 0 aliphatic carbocycles. The molecule has 0 amide bonds. The fourth-order valence-corrected chi connectivity index (χ4v) is 2.79. The van der Waals surface area contributed by atoms with E-state index >= 15 is 0 Å². The number of hydrogen-bond acceptors (Lipinski definition) is 2. The van der Waals surface area contributed by atoms with Crippen LogP contribution in [0.2, 0.25) is 0 Å². The molecule has 2 aromatic carbocycles. The third-order valence-electron chi connectivity index (χ3n) is 3.91. The first kappa shape index (κ1) is 15.6. The number of benzene rings is 2. The SMILES string of the molecule is Cc1ccc(C)c(C(C)NC(C)Cc2ccc(O)cc2)c1. The van der Waals surface area contributed by atoms with E-state index in [9.17, 15) is 5.11 Å². The van der Waals surface area contributed by atoms with Crippen molar-refractivity contribution in [3.63, 3.8) is 0 Å². The number of aryl methyl sites for hydroxylation is 2. The van der Waals surface area contributed by atoms with Crippen LogP contribution in [0.1, 0.15) is 42.1 Å². The van der Waals surface area contributed by atoms with Crippen molar-refractivity contribution in [1.29, 1.82) is 0 Å². The topological polar surface area (TPSA) is 32.3 Å². The highest BCUT2D eigenvalue weighted by Crippen LogP contribution is 2.20. The van der Waals surface area contributed by atoms with Gasteiger partial charge in [-0.05, 0) is 62.9 Å². The summed E-state index contributed by atoms with van der Waals surface area (Å²) in [7, 11) is 0. The number of phenolic OH excluding ortho intramolecular Hbond substituents is 1. The molecule has 2 heteroatoms. The van der Waals surface area contributed by atoms with Gasteiger partial charge in [-0.1, -0.05) is 35.9 Å². The molecule has 0 saturated carbocycles. The Morgan fingerprint density at radius 2 is 1.67 bits per heavy atom. The summed E-state index contributed by atoms with van der Waals surface area (Å²) < 4.78 is 0. The van der Waals surface area contributed by atoms with E-state index in [4.69, 9.17) is 0 Å². The van der Waals surface area contributed by atoms with Crippen LogP contribution in [0.15, 0.2) is 42.5 Å². The molecule has 112 valence electrons. The predicted octanol–water partition coefficient (Wildman–Crippen LogP) is 4.29. The van der Waals surface area contributed by atoms with Crippen molar-refractivity contribution >= 4 is 0 Å². The first-order valence-electron chi connectivity index (χ1n) is 7.57. The van der Waals surface area contributed by atoms with E-state index in [1.807, 2.05) is 12.1 Å². The van der Waals surface area contributed by atoms with Gasteiger partial charge in [-0.3, -0.25) is 0 Å². The Balaban J connectivity index is 2.00. The first-order valence-corrected chi connectivity index (χ1v) is 7.57. The third kappa shape index (κ3) is 4.33. The Kier molecular flexibility index (Phi) is 5.03. The summed E-state index contributed by atoms with van der Waals surface area (Å²) in [5.41, 5.74) is 5.24. The molecule has 21 heavy (non-hydrogen) atoms. The normalized spacial score (nSPS) is 13.9. The van der Waals surface area contributed by atoms with Crippen molar-refractivity contribution in [3.8, 4) is 5.75 Å². The second-order valence-electron chi connectivity index (χ2n) is 6.02. The van der Waals surface area contributed by atoms with Crippen LogP contribution >= 0.6 is 0 Å². The molecule has 2 unspecified atom stereocenters. The Labute approximate surface area is 127 Å². The van der Waals surface area contributed by atoms with Crippen molar-refractivity contribution in [3.05, 3.63) is 64.7 Å². The van der Waals surface area contributed by atoms with Crippen LogP contribution in [0.25, 0.3) is 0 Å². The van der Waals surface area contributed by atoms with Gasteiger partial charge < -0.3 is 10.4 Å². The van der Waals surface area contributed by atoms with Crippen LogP contribution in [0.4, 0.5) is 0 Å². The molecule has 0 aromatic heterocycles. The number of phenols is 1. The van der Waals surface area contributed by atoms with Gasteiger partial charge >= 0.3 is 0 Å². The molecule has 2 atom stereocenters. The Morgan fingerprint density at radius 1 is 1.00 bits per heavy atom. The summed E-state index contributed by atoms with van der Waals surface area (Å²) in [6.45, 7) is 8.72. The lowest BCUT2D eigenvalue weighted by atomic mass is 9.98. The molecule has 0 spiro atoms. The van der Waals surface area contributed by atoms with Crippen LogP contribution in [0.5, 0.6) is 5.75 Å². The Bertz CT molecular complexity index is 589. The van der Waals surface area contributed by atoms with Crippen molar-refractivity contribution in [2.45, 2.75) is 46.2 Å². The Hall–Kier alpha value is -1.80. The lowest BCUT2D eigenvalue weighted by molar-refractivity contribution is 0.470. The molecule has 2 aromatic rings. The first-order chi connectivity index (χ1) is 9.95. The van der Waals surface area contributed by atoms with Crippen LogP contribution < -0.4 is 5.32 Å². The summed E-state index contributed by atoms with van der Waals surface area (Å²) in [5, 5.41) is 13.0. The minimum atomic E-state index is 0.322. The molecule has 2 nitrogen and oxygen atoms in total. The van der Waals surface area contributed by atoms with Gasteiger partial charge in [0.2, 0.25) is 0 Å². The Morgan fingerprint density at radius 3 is 2.33 bits per heavy atom. The van der Waals surface area contributed by atoms with Gasteiger partial charge in [-0.25, -0.2) is 0 Å². The van der Waals surface area contributed by atoms with Gasteiger partial charge in [0.1, 0.15) is 5.75 Å². The zero-order valence-electron chi connectivity index (χ0n) is 13.4. The number of aromatic hydroxyl groups is 1. The van der Waals surface area contributed by atoms with E-state index in [0.717, 1.165) is 6.42 Å². The van der Waals surface area contributed by atoms with E-state index < -0.39 is 0 Å². The largest absolute Gasteiger partial charge is 0.508 e. The van der Waals surface area contributed by atoms with Crippen molar-refractivity contribution in [1.82, 2.24) is 5.32 Å². The second-order valence-corrected chi connectivity index (χ2v) is 6.02. The lowest BCUT2D eigenvalue weighted by Crippen LogP contribution is -2.31. The maximum Gasteiger partial charge on any atom is 0.115 e.